The maximum Gasteiger partial charge on any atom is 0.221 e. The van der Waals surface area contributed by atoms with E-state index in [-0.39, 0.29) is 23.7 Å². The Bertz CT molecular complexity index is 491. The molecular formula is C15H19FN2OS. The Balaban J connectivity index is 1.46. The van der Waals surface area contributed by atoms with Crippen molar-refractivity contribution in [1.82, 2.24) is 10.6 Å². The molecule has 108 valence electrons. The van der Waals surface area contributed by atoms with E-state index in [2.05, 4.69) is 10.6 Å². The molecule has 1 aliphatic heterocycles. The Morgan fingerprint density at radius 3 is 3.15 bits per heavy atom. The fourth-order valence-electron chi connectivity index (χ4n) is 2.70. The summed E-state index contributed by atoms with van der Waals surface area (Å²) >= 11 is 1.89. The molecule has 1 saturated carbocycles. The summed E-state index contributed by atoms with van der Waals surface area (Å²) in [4.78, 5) is 12.0. The number of benzene rings is 1. The third kappa shape index (κ3) is 3.52. The van der Waals surface area contributed by atoms with Gasteiger partial charge in [-0.3, -0.25) is 4.79 Å². The van der Waals surface area contributed by atoms with E-state index in [9.17, 15) is 9.18 Å². The molecule has 1 amide bonds. The maximum absolute atomic E-state index is 13.2. The van der Waals surface area contributed by atoms with Crippen LogP contribution in [0.15, 0.2) is 24.3 Å². The van der Waals surface area contributed by atoms with Gasteiger partial charge in [0.05, 0.1) is 0 Å². The first kappa shape index (κ1) is 13.9. The predicted molar refractivity (Wildman–Crippen MR) is 79.4 cm³/mol. The van der Waals surface area contributed by atoms with E-state index in [0.717, 1.165) is 30.0 Å². The first-order valence-corrected chi connectivity index (χ1v) is 8.24. The number of halogens is 1. The smallest absolute Gasteiger partial charge is 0.221 e. The number of thioether (sulfide) groups is 1. The standard InChI is InChI=1S/C15H19FN2OS/c16-11-3-1-2-10(6-11)13-8-14(13)18-15(19)7-12-9-20-5-4-17-12/h1-3,6,12-14,17H,4-5,7-9H2,(H,18,19). The van der Waals surface area contributed by atoms with Gasteiger partial charge in [-0.05, 0) is 24.1 Å². The topological polar surface area (TPSA) is 41.1 Å². The minimum atomic E-state index is -0.206. The van der Waals surface area contributed by atoms with Crippen LogP contribution in [0.25, 0.3) is 0 Å². The number of carbonyl (C=O) groups excluding carboxylic acids is 1. The van der Waals surface area contributed by atoms with Crippen LogP contribution in [0.5, 0.6) is 0 Å². The zero-order chi connectivity index (χ0) is 13.9. The Hall–Kier alpha value is -1.07. The predicted octanol–water partition coefficient (Wildman–Crippen LogP) is 1.89. The van der Waals surface area contributed by atoms with Gasteiger partial charge >= 0.3 is 0 Å². The highest BCUT2D eigenvalue weighted by atomic mass is 32.2. The molecule has 0 aromatic heterocycles. The lowest BCUT2D eigenvalue weighted by molar-refractivity contribution is -0.121. The molecule has 20 heavy (non-hydrogen) atoms. The summed E-state index contributed by atoms with van der Waals surface area (Å²) in [6, 6.07) is 7.15. The molecule has 2 aliphatic rings. The number of hydrogen-bond acceptors (Lipinski definition) is 3. The van der Waals surface area contributed by atoms with Gasteiger partial charge in [0, 0.05) is 42.5 Å². The maximum atomic E-state index is 13.2. The molecular weight excluding hydrogens is 275 g/mol. The summed E-state index contributed by atoms with van der Waals surface area (Å²) in [5, 5.41) is 6.42. The summed E-state index contributed by atoms with van der Waals surface area (Å²) in [6.45, 7) is 0.984. The molecule has 1 aromatic carbocycles. The van der Waals surface area contributed by atoms with E-state index >= 15 is 0 Å². The van der Waals surface area contributed by atoms with Gasteiger partial charge in [0.2, 0.25) is 5.91 Å². The summed E-state index contributed by atoms with van der Waals surface area (Å²) in [7, 11) is 0. The fraction of sp³-hybridized carbons (Fsp3) is 0.533. The van der Waals surface area contributed by atoms with E-state index in [1.807, 2.05) is 17.8 Å². The molecule has 2 N–H and O–H groups in total. The van der Waals surface area contributed by atoms with Crippen LogP contribution in [0.4, 0.5) is 4.39 Å². The van der Waals surface area contributed by atoms with Crippen LogP contribution >= 0.6 is 11.8 Å². The normalized spacial score (nSPS) is 28.9. The van der Waals surface area contributed by atoms with Crippen molar-refractivity contribution in [1.29, 1.82) is 0 Å². The van der Waals surface area contributed by atoms with Gasteiger partial charge < -0.3 is 10.6 Å². The van der Waals surface area contributed by atoms with Crippen molar-refractivity contribution in [3.8, 4) is 0 Å². The highest BCUT2D eigenvalue weighted by Gasteiger charge is 2.39. The van der Waals surface area contributed by atoms with Crippen LogP contribution in [0, 0.1) is 5.82 Å². The lowest BCUT2D eigenvalue weighted by Crippen LogP contribution is -2.41. The first-order valence-electron chi connectivity index (χ1n) is 7.08. The van der Waals surface area contributed by atoms with Crippen LogP contribution in [-0.4, -0.2) is 36.0 Å². The SMILES string of the molecule is O=C(CC1CSCCN1)NC1CC1c1cccc(F)c1. The second-order valence-corrected chi connectivity index (χ2v) is 6.65. The molecule has 1 aliphatic carbocycles. The third-order valence-corrected chi connectivity index (χ3v) is 4.97. The molecule has 0 bridgehead atoms. The Morgan fingerprint density at radius 1 is 1.50 bits per heavy atom. The van der Waals surface area contributed by atoms with Gasteiger partial charge in [0.25, 0.3) is 0 Å². The van der Waals surface area contributed by atoms with Crippen molar-refractivity contribution >= 4 is 17.7 Å². The van der Waals surface area contributed by atoms with Crippen molar-refractivity contribution in [2.75, 3.05) is 18.1 Å². The summed E-state index contributed by atoms with van der Waals surface area (Å²) in [5.74, 6) is 2.31. The molecule has 3 unspecified atom stereocenters. The van der Waals surface area contributed by atoms with E-state index in [0.29, 0.717) is 12.5 Å². The van der Waals surface area contributed by atoms with Gasteiger partial charge in [-0.2, -0.15) is 11.8 Å². The highest BCUT2D eigenvalue weighted by Crippen LogP contribution is 2.40. The van der Waals surface area contributed by atoms with Crippen molar-refractivity contribution < 1.29 is 9.18 Å². The number of carbonyl (C=O) groups is 1. The zero-order valence-electron chi connectivity index (χ0n) is 11.3. The molecule has 1 saturated heterocycles. The Morgan fingerprint density at radius 2 is 2.40 bits per heavy atom. The van der Waals surface area contributed by atoms with E-state index < -0.39 is 0 Å². The monoisotopic (exact) mass is 294 g/mol. The first-order chi connectivity index (χ1) is 9.72. The lowest BCUT2D eigenvalue weighted by Gasteiger charge is -2.22. The van der Waals surface area contributed by atoms with E-state index in [4.69, 9.17) is 0 Å². The quantitative estimate of drug-likeness (QED) is 0.891. The summed E-state index contributed by atoms with van der Waals surface area (Å²) < 4.78 is 13.2. The van der Waals surface area contributed by atoms with Gasteiger partial charge in [0.15, 0.2) is 0 Å². The average Bonchev–Trinajstić information content (AvgIpc) is 3.19. The number of amides is 1. The van der Waals surface area contributed by atoms with Crippen LogP contribution in [0.1, 0.15) is 24.3 Å². The molecule has 3 nitrogen and oxygen atoms in total. The molecule has 1 aromatic rings. The summed E-state index contributed by atoms with van der Waals surface area (Å²) in [6.07, 6.45) is 1.46. The molecule has 1 heterocycles. The van der Waals surface area contributed by atoms with Gasteiger partial charge in [-0.15, -0.1) is 0 Å². The molecule has 3 atom stereocenters. The second kappa shape index (κ2) is 6.14. The Kier molecular flexibility index (Phi) is 4.27. The van der Waals surface area contributed by atoms with Crippen molar-refractivity contribution in [2.45, 2.75) is 30.8 Å². The lowest BCUT2D eigenvalue weighted by atomic mass is 10.1. The number of hydrogen-bond donors (Lipinski definition) is 2. The molecule has 0 radical (unpaired) electrons. The van der Waals surface area contributed by atoms with Crippen LogP contribution in [-0.2, 0) is 4.79 Å². The average molecular weight is 294 g/mol. The molecule has 5 heteroatoms. The van der Waals surface area contributed by atoms with Crippen molar-refractivity contribution in [2.24, 2.45) is 0 Å². The summed E-state index contributed by atoms with van der Waals surface area (Å²) in [5.41, 5.74) is 0.988. The van der Waals surface area contributed by atoms with Crippen LogP contribution in [0.2, 0.25) is 0 Å². The highest BCUT2D eigenvalue weighted by molar-refractivity contribution is 7.99. The molecule has 2 fully saturated rings. The van der Waals surface area contributed by atoms with Gasteiger partial charge in [-0.25, -0.2) is 4.39 Å². The third-order valence-electron chi connectivity index (χ3n) is 3.84. The van der Waals surface area contributed by atoms with Crippen molar-refractivity contribution in [3.05, 3.63) is 35.6 Å². The second-order valence-electron chi connectivity index (χ2n) is 5.50. The largest absolute Gasteiger partial charge is 0.353 e. The minimum Gasteiger partial charge on any atom is -0.353 e. The van der Waals surface area contributed by atoms with E-state index in [1.54, 1.807) is 12.1 Å². The zero-order valence-corrected chi connectivity index (χ0v) is 12.1. The minimum absolute atomic E-state index is 0.105. The number of rotatable bonds is 4. The van der Waals surface area contributed by atoms with Crippen LogP contribution in [0.3, 0.4) is 0 Å². The van der Waals surface area contributed by atoms with Crippen LogP contribution < -0.4 is 10.6 Å². The van der Waals surface area contributed by atoms with Gasteiger partial charge in [-0.1, -0.05) is 12.1 Å². The Labute approximate surface area is 122 Å². The van der Waals surface area contributed by atoms with Crippen molar-refractivity contribution in [3.63, 3.8) is 0 Å². The van der Waals surface area contributed by atoms with E-state index in [1.165, 1.54) is 6.07 Å². The fourth-order valence-corrected chi connectivity index (χ4v) is 3.65. The number of nitrogens with one attached hydrogen (secondary N) is 2. The van der Waals surface area contributed by atoms with Gasteiger partial charge in [0.1, 0.15) is 5.82 Å². The molecule has 0 spiro atoms. The molecule has 3 rings (SSSR count).